The SMILES string of the molecule is Cl.OCCN1CCN(CC(O)Cn2c(-c3ccccc3)c(-c3ccccc3)c3ccc4ccccc4c32)CC1. The van der Waals surface area contributed by atoms with Crippen LogP contribution in [-0.2, 0) is 6.54 Å². The van der Waals surface area contributed by atoms with Gasteiger partial charge in [-0.15, -0.1) is 12.4 Å². The molecule has 6 heteroatoms. The van der Waals surface area contributed by atoms with Crippen LogP contribution in [0.25, 0.3) is 44.1 Å². The smallest absolute Gasteiger partial charge is 0.0845 e. The van der Waals surface area contributed by atoms with E-state index in [2.05, 4.69) is 111 Å². The van der Waals surface area contributed by atoms with Crippen molar-refractivity contribution in [1.29, 1.82) is 0 Å². The molecule has 202 valence electrons. The Kier molecular flexibility index (Phi) is 8.66. The Labute approximate surface area is 236 Å². The highest BCUT2D eigenvalue weighted by molar-refractivity contribution is 6.15. The second kappa shape index (κ2) is 12.3. The zero-order chi connectivity index (χ0) is 25.9. The van der Waals surface area contributed by atoms with Crippen molar-refractivity contribution >= 4 is 34.1 Å². The van der Waals surface area contributed by atoms with Gasteiger partial charge < -0.3 is 14.8 Å². The topological polar surface area (TPSA) is 51.9 Å². The predicted molar refractivity (Wildman–Crippen MR) is 164 cm³/mol. The van der Waals surface area contributed by atoms with Crippen LogP contribution in [0.2, 0.25) is 0 Å². The molecule has 0 radical (unpaired) electrons. The zero-order valence-corrected chi connectivity index (χ0v) is 22.9. The summed E-state index contributed by atoms with van der Waals surface area (Å²) < 4.78 is 2.36. The number of hydrogen-bond acceptors (Lipinski definition) is 4. The van der Waals surface area contributed by atoms with Crippen LogP contribution in [0.3, 0.4) is 0 Å². The minimum absolute atomic E-state index is 0. The molecule has 2 heterocycles. The molecule has 1 aliphatic rings. The Balaban J connectivity index is 0.00000308. The monoisotopic (exact) mass is 541 g/mol. The maximum absolute atomic E-state index is 11.5. The largest absolute Gasteiger partial charge is 0.395 e. The standard InChI is InChI=1S/C33H35N3O2.ClH/c37-22-21-34-17-19-35(20-18-34)23-28(38)24-36-32(27-12-5-2-6-13-27)31(26-10-3-1-4-11-26)30-16-15-25-9-7-8-14-29(25)33(30)36;/h1-16,28,37-38H,17-24H2;1H. The minimum Gasteiger partial charge on any atom is -0.395 e. The number of halogens is 1. The van der Waals surface area contributed by atoms with E-state index in [1.165, 1.54) is 32.8 Å². The number of benzene rings is 4. The summed E-state index contributed by atoms with van der Waals surface area (Å²) in [5.41, 5.74) is 5.86. The van der Waals surface area contributed by atoms with Gasteiger partial charge in [0.05, 0.1) is 30.5 Å². The Morgan fingerprint density at radius 1 is 0.641 bits per heavy atom. The molecule has 1 unspecified atom stereocenters. The summed E-state index contributed by atoms with van der Waals surface area (Å²) in [6.07, 6.45) is -0.514. The molecule has 1 atom stereocenters. The lowest BCUT2D eigenvalue weighted by Gasteiger charge is -2.35. The summed E-state index contributed by atoms with van der Waals surface area (Å²) in [6, 6.07) is 34.2. The predicted octanol–water partition coefficient (Wildman–Crippen LogP) is 5.52. The third-order valence-corrected chi connectivity index (χ3v) is 7.80. The van der Waals surface area contributed by atoms with Crippen molar-refractivity contribution in [2.24, 2.45) is 0 Å². The summed E-state index contributed by atoms with van der Waals surface area (Å²) in [7, 11) is 0. The second-order valence-corrected chi connectivity index (χ2v) is 10.3. The van der Waals surface area contributed by atoms with E-state index < -0.39 is 6.10 Å². The van der Waals surface area contributed by atoms with E-state index in [1.807, 2.05) is 0 Å². The molecule has 4 aromatic carbocycles. The fourth-order valence-corrected chi connectivity index (χ4v) is 6.00. The van der Waals surface area contributed by atoms with Crippen molar-refractivity contribution in [3.05, 3.63) is 97.1 Å². The maximum atomic E-state index is 11.5. The Hall–Kier alpha value is -3.19. The van der Waals surface area contributed by atoms with E-state index in [-0.39, 0.29) is 19.0 Å². The average molecular weight is 542 g/mol. The van der Waals surface area contributed by atoms with Gasteiger partial charge in [-0.2, -0.15) is 0 Å². The van der Waals surface area contributed by atoms with E-state index in [9.17, 15) is 10.2 Å². The molecule has 1 saturated heterocycles. The molecule has 0 bridgehead atoms. The van der Waals surface area contributed by atoms with Crippen LogP contribution in [0.1, 0.15) is 0 Å². The molecule has 5 aromatic rings. The van der Waals surface area contributed by atoms with Gasteiger partial charge in [0.15, 0.2) is 0 Å². The number of aliphatic hydroxyl groups excluding tert-OH is 2. The van der Waals surface area contributed by atoms with Gasteiger partial charge in [0.25, 0.3) is 0 Å². The quantitative estimate of drug-likeness (QED) is 0.271. The van der Waals surface area contributed by atoms with Gasteiger partial charge in [0.2, 0.25) is 0 Å². The number of hydrogen-bond donors (Lipinski definition) is 2. The number of aromatic nitrogens is 1. The number of nitrogens with zero attached hydrogens (tertiary/aromatic N) is 3. The highest BCUT2D eigenvalue weighted by atomic mass is 35.5. The third-order valence-electron chi connectivity index (χ3n) is 7.80. The van der Waals surface area contributed by atoms with Gasteiger partial charge in [-0.3, -0.25) is 9.80 Å². The highest BCUT2D eigenvalue weighted by Gasteiger charge is 2.25. The third kappa shape index (κ3) is 5.60. The zero-order valence-electron chi connectivity index (χ0n) is 22.1. The Morgan fingerprint density at radius 3 is 1.95 bits per heavy atom. The van der Waals surface area contributed by atoms with E-state index in [0.29, 0.717) is 13.1 Å². The fraction of sp³-hybridized carbons (Fsp3) is 0.273. The summed E-state index contributed by atoms with van der Waals surface area (Å²) in [6.45, 7) is 5.74. The van der Waals surface area contributed by atoms with Crippen molar-refractivity contribution in [2.75, 3.05) is 45.9 Å². The molecule has 6 rings (SSSR count). The molecule has 0 spiro atoms. The van der Waals surface area contributed by atoms with Crippen molar-refractivity contribution in [3.63, 3.8) is 0 Å². The van der Waals surface area contributed by atoms with Gasteiger partial charge in [0.1, 0.15) is 0 Å². The molecule has 1 aliphatic heterocycles. The molecule has 5 nitrogen and oxygen atoms in total. The molecule has 2 N–H and O–H groups in total. The molecule has 1 fully saturated rings. The van der Waals surface area contributed by atoms with Crippen LogP contribution < -0.4 is 0 Å². The summed E-state index contributed by atoms with van der Waals surface area (Å²) in [5.74, 6) is 0. The van der Waals surface area contributed by atoms with Crippen LogP contribution in [0, 0.1) is 0 Å². The van der Waals surface area contributed by atoms with Crippen LogP contribution in [0.5, 0.6) is 0 Å². The maximum Gasteiger partial charge on any atom is 0.0845 e. The summed E-state index contributed by atoms with van der Waals surface area (Å²) >= 11 is 0. The molecular weight excluding hydrogens is 506 g/mol. The van der Waals surface area contributed by atoms with E-state index in [4.69, 9.17) is 0 Å². The molecular formula is C33H36ClN3O2. The van der Waals surface area contributed by atoms with Crippen molar-refractivity contribution in [3.8, 4) is 22.4 Å². The van der Waals surface area contributed by atoms with Gasteiger partial charge in [-0.1, -0.05) is 97.1 Å². The minimum atomic E-state index is -0.514. The lowest BCUT2D eigenvalue weighted by atomic mass is 9.97. The fourth-order valence-electron chi connectivity index (χ4n) is 6.00. The molecule has 39 heavy (non-hydrogen) atoms. The molecule has 0 amide bonds. The molecule has 0 aliphatic carbocycles. The van der Waals surface area contributed by atoms with Gasteiger partial charge >= 0.3 is 0 Å². The van der Waals surface area contributed by atoms with Crippen LogP contribution in [0.4, 0.5) is 0 Å². The lowest BCUT2D eigenvalue weighted by molar-refractivity contribution is 0.0598. The lowest BCUT2D eigenvalue weighted by Crippen LogP contribution is -2.49. The number of aliphatic hydroxyl groups is 2. The number of fused-ring (bicyclic) bond motifs is 3. The first-order valence-corrected chi connectivity index (χ1v) is 13.6. The Morgan fingerprint density at radius 2 is 1.26 bits per heavy atom. The first-order chi connectivity index (χ1) is 18.7. The second-order valence-electron chi connectivity index (χ2n) is 10.3. The van der Waals surface area contributed by atoms with Crippen LogP contribution >= 0.6 is 12.4 Å². The van der Waals surface area contributed by atoms with Gasteiger partial charge in [0, 0.05) is 55.6 Å². The Bertz CT molecular complexity index is 1510. The van der Waals surface area contributed by atoms with Crippen molar-refractivity contribution < 1.29 is 10.2 Å². The van der Waals surface area contributed by atoms with E-state index in [0.717, 1.165) is 44.0 Å². The molecule has 0 saturated carbocycles. The normalized spacial score (nSPS) is 15.4. The van der Waals surface area contributed by atoms with E-state index in [1.54, 1.807) is 0 Å². The van der Waals surface area contributed by atoms with Crippen LogP contribution in [0.15, 0.2) is 97.1 Å². The van der Waals surface area contributed by atoms with Crippen molar-refractivity contribution in [2.45, 2.75) is 12.6 Å². The first kappa shape index (κ1) is 27.4. The van der Waals surface area contributed by atoms with Crippen molar-refractivity contribution in [1.82, 2.24) is 14.4 Å². The highest BCUT2D eigenvalue weighted by Crippen LogP contribution is 2.43. The van der Waals surface area contributed by atoms with E-state index >= 15 is 0 Å². The summed E-state index contributed by atoms with van der Waals surface area (Å²) in [4.78, 5) is 4.64. The first-order valence-electron chi connectivity index (χ1n) is 13.6. The number of piperazine rings is 1. The van der Waals surface area contributed by atoms with Crippen LogP contribution in [-0.4, -0.2) is 76.6 Å². The molecule has 1 aromatic heterocycles. The summed E-state index contributed by atoms with van der Waals surface area (Å²) in [5, 5.41) is 24.4. The number of β-amino-alcohol motifs (C(OH)–C–C–N with tert-alkyl or cyclic N) is 2. The van der Waals surface area contributed by atoms with Gasteiger partial charge in [-0.25, -0.2) is 0 Å². The average Bonchev–Trinajstić information content (AvgIpc) is 3.29. The number of rotatable bonds is 8. The van der Waals surface area contributed by atoms with Gasteiger partial charge in [-0.05, 0) is 16.5 Å².